The minimum absolute atomic E-state index is 0.669. The first kappa shape index (κ1) is 13.9. The summed E-state index contributed by atoms with van der Waals surface area (Å²) in [7, 11) is -0.383. The van der Waals surface area contributed by atoms with Gasteiger partial charge >= 0.3 is 0 Å². The van der Waals surface area contributed by atoms with Crippen LogP contribution in [0.15, 0.2) is 0 Å². The second-order valence-corrected chi connectivity index (χ2v) is 7.26. The van der Waals surface area contributed by atoms with Crippen LogP contribution in [0.5, 0.6) is 0 Å². The highest BCUT2D eigenvalue weighted by atomic mass is 32.2. The van der Waals surface area contributed by atoms with Crippen molar-refractivity contribution >= 4 is 9.84 Å². The van der Waals surface area contributed by atoms with Crippen molar-refractivity contribution in [3.05, 3.63) is 0 Å². The third-order valence-corrected chi connectivity index (χ3v) is 5.10. The standard InChI is InChI=1S/C9H20O4S/c1-7(8(12-5)13-6)14(10,11)9(2,3)4/h7-8H,1-6H3. The molecule has 0 radical (unpaired) electrons. The molecule has 86 valence electrons. The SMILES string of the molecule is COC(OC)C(C)S(=O)(=O)C(C)(C)C. The number of sulfone groups is 1. The number of ether oxygens (including phenoxy) is 2. The smallest absolute Gasteiger partial charge is 0.173 e. The van der Waals surface area contributed by atoms with Gasteiger partial charge in [0.25, 0.3) is 0 Å². The predicted molar refractivity (Wildman–Crippen MR) is 55.9 cm³/mol. The summed E-state index contributed by atoms with van der Waals surface area (Å²) in [5.74, 6) is 0. The van der Waals surface area contributed by atoms with E-state index < -0.39 is 26.1 Å². The van der Waals surface area contributed by atoms with Gasteiger partial charge in [-0.1, -0.05) is 0 Å². The maximum absolute atomic E-state index is 12.0. The van der Waals surface area contributed by atoms with E-state index in [0.717, 1.165) is 0 Å². The lowest BCUT2D eigenvalue weighted by Gasteiger charge is -2.28. The van der Waals surface area contributed by atoms with Crippen LogP contribution in [0.4, 0.5) is 0 Å². The lowest BCUT2D eigenvalue weighted by molar-refractivity contribution is -0.100. The minimum atomic E-state index is -3.25. The zero-order valence-electron chi connectivity index (χ0n) is 9.70. The molecule has 0 N–H and O–H groups in total. The van der Waals surface area contributed by atoms with Gasteiger partial charge in [0.15, 0.2) is 16.1 Å². The van der Waals surface area contributed by atoms with Gasteiger partial charge in [-0.25, -0.2) is 8.42 Å². The summed E-state index contributed by atoms with van der Waals surface area (Å²) in [6.45, 7) is 6.60. The average Bonchev–Trinajstić information content (AvgIpc) is 2.04. The summed E-state index contributed by atoms with van der Waals surface area (Å²) in [5, 5.41) is -0.669. The van der Waals surface area contributed by atoms with E-state index in [0.29, 0.717) is 0 Å². The van der Waals surface area contributed by atoms with Crippen LogP contribution in [0, 0.1) is 0 Å². The summed E-state index contributed by atoms with van der Waals surface area (Å²) in [4.78, 5) is 0. The fourth-order valence-electron chi connectivity index (χ4n) is 1.18. The van der Waals surface area contributed by atoms with Crippen LogP contribution >= 0.6 is 0 Å². The molecule has 0 rings (SSSR count). The van der Waals surface area contributed by atoms with Gasteiger partial charge in [-0.2, -0.15) is 0 Å². The molecular formula is C9H20O4S. The molecule has 0 amide bonds. The molecule has 0 bridgehead atoms. The van der Waals surface area contributed by atoms with Crippen molar-refractivity contribution in [1.82, 2.24) is 0 Å². The Morgan fingerprint density at radius 1 is 1.07 bits per heavy atom. The number of hydrogen-bond donors (Lipinski definition) is 0. The number of hydrogen-bond acceptors (Lipinski definition) is 4. The quantitative estimate of drug-likeness (QED) is 0.673. The van der Waals surface area contributed by atoms with E-state index in [-0.39, 0.29) is 0 Å². The number of methoxy groups -OCH3 is 2. The van der Waals surface area contributed by atoms with Gasteiger partial charge in [-0.3, -0.25) is 0 Å². The fraction of sp³-hybridized carbons (Fsp3) is 1.00. The average molecular weight is 224 g/mol. The van der Waals surface area contributed by atoms with Gasteiger partial charge in [0.05, 0.1) is 4.75 Å². The molecule has 0 aliphatic heterocycles. The van der Waals surface area contributed by atoms with Crippen LogP contribution in [0.3, 0.4) is 0 Å². The van der Waals surface area contributed by atoms with E-state index in [9.17, 15) is 8.42 Å². The molecule has 0 saturated carbocycles. The first-order chi connectivity index (χ1) is 6.18. The van der Waals surface area contributed by atoms with Crippen molar-refractivity contribution < 1.29 is 17.9 Å². The highest BCUT2D eigenvalue weighted by Crippen LogP contribution is 2.23. The maximum atomic E-state index is 12.0. The van der Waals surface area contributed by atoms with Crippen LogP contribution in [-0.2, 0) is 19.3 Å². The van der Waals surface area contributed by atoms with E-state index >= 15 is 0 Å². The van der Waals surface area contributed by atoms with Crippen molar-refractivity contribution in [2.75, 3.05) is 14.2 Å². The van der Waals surface area contributed by atoms with Crippen LogP contribution in [0.25, 0.3) is 0 Å². The van der Waals surface area contributed by atoms with Crippen molar-refractivity contribution in [1.29, 1.82) is 0 Å². The summed E-state index contributed by atoms with van der Waals surface area (Å²) in [6.07, 6.45) is -0.709. The molecule has 5 heteroatoms. The van der Waals surface area contributed by atoms with Crippen LogP contribution in [0.2, 0.25) is 0 Å². The first-order valence-corrected chi connectivity index (χ1v) is 6.02. The molecule has 0 heterocycles. The molecule has 14 heavy (non-hydrogen) atoms. The molecule has 0 fully saturated rings. The topological polar surface area (TPSA) is 52.6 Å². The van der Waals surface area contributed by atoms with E-state index in [2.05, 4.69) is 0 Å². The monoisotopic (exact) mass is 224 g/mol. The molecular weight excluding hydrogens is 204 g/mol. The van der Waals surface area contributed by atoms with Crippen molar-refractivity contribution in [2.24, 2.45) is 0 Å². The normalized spacial score (nSPS) is 15.9. The largest absolute Gasteiger partial charge is 0.355 e. The van der Waals surface area contributed by atoms with Crippen LogP contribution in [-0.4, -0.2) is 38.9 Å². The zero-order chi connectivity index (χ0) is 11.6. The Bertz CT molecular complexity index is 259. The van der Waals surface area contributed by atoms with Gasteiger partial charge in [0, 0.05) is 14.2 Å². The number of rotatable bonds is 4. The molecule has 0 aromatic carbocycles. The molecule has 0 spiro atoms. The summed E-state index contributed by atoms with van der Waals surface area (Å²) in [6, 6.07) is 0. The lowest BCUT2D eigenvalue weighted by atomic mass is 10.3. The molecule has 0 aromatic heterocycles. The maximum Gasteiger partial charge on any atom is 0.173 e. The third-order valence-electron chi connectivity index (χ3n) is 2.19. The molecule has 0 saturated heterocycles. The summed E-state index contributed by atoms with van der Waals surface area (Å²) < 4.78 is 33.0. The molecule has 0 aliphatic carbocycles. The molecule has 0 aliphatic rings. The Morgan fingerprint density at radius 3 is 1.64 bits per heavy atom. The molecule has 1 unspecified atom stereocenters. The van der Waals surface area contributed by atoms with Gasteiger partial charge in [0.1, 0.15) is 5.25 Å². The van der Waals surface area contributed by atoms with Crippen molar-refractivity contribution in [3.63, 3.8) is 0 Å². The van der Waals surface area contributed by atoms with Gasteiger partial charge in [-0.05, 0) is 27.7 Å². The second-order valence-electron chi connectivity index (χ2n) is 4.20. The fourth-order valence-corrected chi connectivity index (χ4v) is 2.81. The van der Waals surface area contributed by atoms with Gasteiger partial charge < -0.3 is 9.47 Å². The van der Waals surface area contributed by atoms with E-state index in [1.165, 1.54) is 14.2 Å². The third kappa shape index (κ3) is 2.68. The zero-order valence-corrected chi connectivity index (χ0v) is 10.5. The van der Waals surface area contributed by atoms with Gasteiger partial charge in [-0.15, -0.1) is 0 Å². The van der Waals surface area contributed by atoms with E-state index in [1.807, 2.05) is 0 Å². The molecule has 1 atom stereocenters. The highest BCUT2D eigenvalue weighted by Gasteiger charge is 2.38. The lowest BCUT2D eigenvalue weighted by Crippen LogP contribution is -2.43. The Kier molecular flexibility index (Phi) is 4.55. The Labute approximate surface area is 86.5 Å². The Balaban J connectivity index is 4.94. The summed E-state index contributed by atoms with van der Waals surface area (Å²) >= 11 is 0. The van der Waals surface area contributed by atoms with Crippen molar-refractivity contribution in [2.45, 2.75) is 44.0 Å². The first-order valence-electron chi connectivity index (χ1n) is 4.47. The second kappa shape index (κ2) is 4.59. The van der Waals surface area contributed by atoms with Crippen molar-refractivity contribution in [3.8, 4) is 0 Å². The Morgan fingerprint density at radius 2 is 1.43 bits per heavy atom. The molecule has 4 nitrogen and oxygen atoms in total. The van der Waals surface area contributed by atoms with Crippen LogP contribution in [0.1, 0.15) is 27.7 Å². The van der Waals surface area contributed by atoms with E-state index in [4.69, 9.17) is 9.47 Å². The van der Waals surface area contributed by atoms with Crippen LogP contribution < -0.4 is 0 Å². The predicted octanol–water partition coefficient (Wildman–Crippen LogP) is 1.21. The highest BCUT2D eigenvalue weighted by molar-refractivity contribution is 7.93. The molecule has 0 aromatic rings. The summed E-state index contributed by atoms with van der Waals surface area (Å²) in [5.41, 5.74) is 0. The van der Waals surface area contributed by atoms with Gasteiger partial charge in [0.2, 0.25) is 0 Å². The minimum Gasteiger partial charge on any atom is -0.355 e. The van der Waals surface area contributed by atoms with E-state index in [1.54, 1.807) is 27.7 Å². The Hall–Kier alpha value is -0.130.